The van der Waals surface area contributed by atoms with E-state index in [1.165, 1.54) is 18.2 Å². The van der Waals surface area contributed by atoms with E-state index in [-0.39, 0.29) is 11.4 Å². The summed E-state index contributed by atoms with van der Waals surface area (Å²) < 4.78 is 40.5. The summed E-state index contributed by atoms with van der Waals surface area (Å²) in [6.07, 6.45) is 0. The van der Waals surface area contributed by atoms with Crippen molar-refractivity contribution in [3.05, 3.63) is 58.9 Å². The standard InChI is InChI=1S/C15H17FN2O2S/c1-10-3-6-15(11(2)7-10)21(19,20)18-14-5-4-13(16)8-12(14)9-17/h3-8,18H,9,17H2,1-2H3. The zero-order valence-electron chi connectivity index (χ0n) is 11.9. The lowest BCUT2D eigenvalue weighted by molar-refractivity contribution is 0.600. The number of nitrogens with one attached hydrogen (secondary N) is 1. The Hall–Kier alpha value is -1.92. The molecule has 2 rings (SSSR count). The summed E-state index contributed by atoms with van der Waals surface area (Å²) in [5.41, 5.74) is 7.86. The zero-order valence-corrected chi connectivity index (χ0v) is 12.7. The molecule has 0 aliphatic carbocycles. The number of hydrogen-bond donors (Lipinski definition) is 2. The summed E-state index contributed by atoms with van der Waals surface area (Å²) in [5, 5.41) is 0. The van der Waals surface area contributed by atoms with Gasteiger partial charge in [0.1, 0.15) is 5.82 Å². The Labute approximate surface area is 123 Å². The lowest BCUT2D eigenvalue weighted by Gasteiger charge is -2.13. The Morgan fingerprint density at radius 1 is 1.14 bits per heavy atom. The average Bonchev–Trinajstić information content (AvgIpc) is 2.40. The molecule has 0 saturated heterocycles. The highest BCUT2D eigenvalue weighted by atomic mass is 32.2. The van der Waals surface area contributed by atoms with E-state index in [0.29, 0.717) is 16.8 Å². The minimum Gasteiger partial charge on any atom is -0.326 e. The van der Waals surface area contributed by atoms with Crippen LogP contribution >= 0.6 is 0 Å². The molecule has 0 saturated carbocycles. The molecular weight excluding hydrogens is 291 g/mol. The predicted molar refractivity (Wildman–Crippen MR) is 81.0 cm³/mol. The van der Waals surface area contributed by atoms with Crippen LogP contribution in [-0.4, -0.2) is 8.42 Å². The first-order valence-electron chi connectivity index (χ1n) is 6.42. The van der Waals surface area contributed by atoms with Crippen molar-refractivity contribution >= 4 is 15.7 Å². The quantitative estimate of drug-likeness (QED) is 0.912. The van der Waals surface area contributed by atoms with E-state index in [0.717, 1.165) is 5.56 Å². The van der Waals surface area contributed by atoms with Gasteiger partial charge in [-0.3, -0.25) is 4.72 Å². The third kappa shape index (κ3) is 3.40. The number of hydrogen-bond acceptors (Lipinski definition) is 3. The van der Waals surface area contributed by atoms with Crippen molar-refractivity contribution in [1.29, 1.82) is 0 Å². The molecule has 0 aliphatic heterocycles. The molecule has 0 spiro atoms. The highest BCUT2D eigenvalue weighted by Crippen LogP contribution is 2.23. The van der Waals surface area contributed by atoms with E-state index >= 15 is 0 Å². The Kier molecular flexibility index (Phi) is 4.29. The molecule has 0 unspecified atom stereocenters. The monoisotopic (exact) mass is 308 g/mol. The fourth-order valence-corrected chi connectivity index (χ4v) is 3.46. The Morgan fingerprint density at radius 2 is 1.86 bits per heavy atom. The number of halogens is 1. The van der Waals surface area contributed by atoms with Gasteiger partial charge in [0, 0.05) is 6.54 Å². The molecule has 0 atom stereocenters. The first-order valence-corrected chi connectivity index (χ1v) is 7.90. The summed E-state index contributed by atoms with van der Waals surface area (Å²) >= 11 is 0. The second kappa shape index (κ2) is 5.83. The van der Waals surface area contributed by atoms with Gasteiger partial charge in [-0.2, -0.15) is 0 Å². The van der Waals surface area contributed by atoms with Gasteiger partial charge in [-0.15, -0.1) is 0 Å². The molecule has 2 aromatic rings. The summed E-state index contributed by atoms with van der Waals surface area (Å²) in [7, 11) is -3.73. The summed E-state index contributed by atoms with van der Waals surface area (Å²) in [4.78, 5) is 0.195. The number of benzene rings is 2. The van der Waals surface area contributed by atoms with E-state index in [1.807, 2.05) is 6.92 Å². The molecule has 0 amide bonds. The van der Waals surface area contributed by atoms with Gasteiger partial charge in [-0.05, 0) is 49.2 Å². The first kappa shape index (κ1) is 15.5. The van der Waals surface area contributed by atoms with Crippen LogP contribution in [-0.2, 0) is 16.6 Å². The van der Waals surface area contributed by atoms with Crippen LogP contribution in [0.2, 0.25) is 0 Å². The first-order chi connectivity index (χ1) is 9.83. The molecule has 0 radical (unpaired) electrons. The van der Waals surface area contributed by atoms with E-state index in [1.54, 1.807) is 25.1 Å². The van der Waals surface area contributed by atoms with Crippen molar-refractivity contribution in [3.63, 3.8) is 0 Å². The van der Waals surface area contributed by atoms with Crippen LogP contribution in [0.1, 0.15) is 16.7 Å². The number of nitrogens with two attached hydrogens (primary N) is 1. The lowest BCUT2D eigenvalue weighted by atomic mass is 10.2. The molecule has 0 heterocycles. The van der Waals surface area contributed by atoms with Crippen molar-refractivity contribution < 1.29 is 12.8 Å². The number of rotatable bonds is 4. The third-order valence-corrected chi connectivity index (χ3v) is 4.68. The topological polar surface area (TPSA) is 72.2 Å². The van der Waals surface area contributed by atoms with Crippen molar-refractivity contribution in [3.8, 4) is 0 Å². The second-order valence-corrected chi connectivity index (χ2v) is 6.53. The molecule has 2 aromatic carbocycles. The summed E-state index contributed by atoms with van der Waals surface area (Å²) in [5.74, 6) is -0.454. The van der Waals surface area contributed by atoms with Crippen molar-refractivity contribution in [2.75, 3.05) is 4.72 Å². The SMILES string of the molecule is Cc1ccc(S(=O)(=O)Nc2ccc(F)cc2CN)c(C)c1. The number of aryl methyl sites for hydroxylation is 2. The Balaban J connectivity index is 2.42. The number of sulfonamides is 1. The van der Waals surface area contributed by atoms with Crippen LogP contribution < -0.4 is 10.5 Å². The average molecular weight is 308 g/mol. The third-order valence-electron chi connectivity index (χ3n) is 3.15. The molecule has 3 N–H and O–H groups in total. The van der Waals surface area contributed by atoms with Gasteiger partial charge in [0.05, 0.1) is 10.6 Å². The molecular formula is C15H17FN2O2S. The van der Waals surface area contributed by atoms with E-state index in [2.05, 4.69) is 4.72 Å². The van der Waals surface area contributed by atoms with Gasteiger partial charge in [-0.1, -0.05) is 17.7 Å². The van der Waals surface area contributed by atoms with Gasteiger partial charge in [0.25, 0.3) is 10.0 Å². The molecule has 21 heavy (non-hydrogen) atoms. The maximum absolute atomic E-state index is 13.2. The van der Waals surface area contributed by atoms with Crippen LogP contribution in [0.15, 0.2) is 41.3 Å². The Bertz CT molecular complexity index is 773. The fraction of sp³-hybridized carbons (Fsp3) is 0.200. The highest BCUT2D eigenvalue weighted by Gasteiger charge is 2.18. The van der Waals surface area contributed by atoms with Gasteiger partial charge < -0.3 is 5.73 Å². The smallest absolute Gasteiger partial charge is 0.262 e. The summed E-state index contributed by atoms with van der Waals surface area (Å²) in [6.45, 7) is 3.67. The molecule has 112 valence electrons. The van der Waals surface area contributed by atoms with Gasteiger partial charge in [0.15, 0.2) is 0 Å². The highest BCUT2D eigenvalue weighted by molar-refractivity contribution is 7.92. The van der Waals surface area contributed by atoms with E-state index < -0.39 is 15.8 Å². The van der Waals surface area contributed by atoms with E-state index in [9.17, 15) is 12.8 Å². The fourth-order valence-electron chi connectivity index (χ4n) is 2.13. The van der Waals surface area contributed by atoms with Gasteiger partial charge in [-0.25, -0.2) is 12.8 Å². The number of anilines is 1. The van der Waals surface area contributed by atoms with Crippen LogP contribution in [0.4, 0.5) is 10.1 Å². The zero-order chi connectivity index (χ0) is 15.6. The minimum atomic E-state index is -3.73. The molecule has 0 bridgehead atoms. The second-order valence-electron chi connectivity index (χ2n) is 4.88. The normalized spacial score (nSPS) is 11.4. The van der Waals surface area contributed by atoms with Crippen molar-refractivity contribution in [2.45, 2.75) is 25.3 Å². The maximum Gasteiger partial charge on any atom is 0.262 e. The molecule has 0 aromatic heterocycles. The summed E-state index contributed by atoms with van der Waals surface area (Å²) in [6, 6.07) is 8.87. The maximum atomic E-state index is 13.2. The van der Waals surface area contributed by atoms with Crippen LogP contribution in [0, 0.1) is 19.7 Å². The predicted octanol–water partition coefficient (Wildman–Crippen LogP) is 2.70. The molecule has 0 aliphatic rings. The Morgan fingerprint density at radius 3 is 2.48 bits per heavy atom. The van der Waals surface area contributed by atoms with Crippen molar-refractivity contribution in [1.82, 2.24) is 0 Å². The van der Waals surface area contributed by atoms with Gasteiger partial charge in [0.2, 0.25) is 0 Å². The van der Waals surface area contributed by atoms with Crippen molar-refractivity contribution in [2.24, 2.45) is 5.73 Å². The minimum absolute atomic E-state index is 0.0441. The molecule has 6 heteroatoms. The van der Waals surface area contributed by atoms with E-state index in [4.69, 9.17) is 5.73 Å². The van der Waals surface area contributed by atoms with Gasteiger partial charge >= 0.3 is 0 Å². The largest absolute Gasteiger partial charge is 0.326 e. The van der Waals surface area contributed by atoms with Crippen LogP contribution in [0.25, 0.3) is 0 Å². The molecule has 4 nitrogen and oxygen atoms in total. The van der Waals surface area contributed by atoms with Crippen LogP contribution in [0.3, 0.4) is 0 Å². The molecule has 0 fully saturated rings. The lowest BCUT2D eigenvalue weighted by Crippen LogP contribution is -2.16. The van der Waals surface area contributed by atoms with Crippen LogP contribution in [0.5, 0.6) is 0 Å².